The molecule has 0 aromatic carbocycles. The number of carbonyl (C=O) groups excluding carboxylic acids is 1. The maximum atomic E-state index is 11.3. The van der Waals surface area contributed by atoms with Crippen molar-refractivity contribution in [3.05, 3.63) is 23.9 Å². The van der Waals surface area contributed by atoms with Crippen LogP contribution in [0.4, 0.5) is 5.82 Å². The first-order valence-corrected chi connectivity index (χ1v) is 7.53. The zero-order valence-electron chi connectivity index (χ0n) is 10.3. The Morgan fingerprint density at radius 1 is 1.44 bits per heavy atom. The van der Waals surface area contributed by atoms with Crippen LogP contribution in [0.5, 0.6) is 0 Å². The van der Waals surface area contributed by atoms with Crippen molar-refractivity contribution in [2.24, 2.45) is 0 Å². The standard InChI is InChI=1S/C11H16N2O4S/c1-3-17-11(14)9-4-5-10(13-8-9)12-6-7-18(2,15)16/h4-5,8H,3,6-7H2,1-2H3,(H,12,13). The first kappa shape index (κ1) is 14.4. The molecule has 1 rings (SSSR count). The highest BCUT2D eigenvalue weighted by Gasteiger charge is 2.07. The van der Waals surface area contributed by atoms with E-state index in [0.29, 0.717) is 18.0 Å². The number of sulfone groups is 1. The van der Waals surface area contributed by atoms with Gasteiger partial charge in [0.2, 0.25) is 0 Å². The van der Waals surface area contributed by atoms with Crippen LogP contribution in [-0.2, 0) is 14.6 Å². The van der Waals surface area contributed by atoms with Crippen LogP contribution in [0.2, 0.25) is 0 Å². The van der Waals surface area contributed by atoms with Gasteiger partial charge in [0.1, 0.15) is 15.7 Å². The molecule has 0 saturated heterocycles. The minimum absolute atomic E-state index is 0.0360. The van der Waals surface area contributed by atoms with E-state index in [2.05, 4.69) is 10.3 Å². The summed E-state index contributed by atoms with van der Waals surface area (Å²) in [4.78, 5) is 15.3. The quantitative estimate of drug-likeness (QED) is 0.768. The van der Waals surface area contributed by atoms with Crippen molar-refractivity contribution in [2.45, 2.75) is 6.92 Å². The molecule has 18 heavy (non-hydrogen) atoms. The van der Waals surface area contributed by atoms with Crippen LogP contribution in [0.1, 0.15) is 17.3 Å². The predicted octanol–water partition coefficient (Wildman–Crippen LogP) is 0.715. The topological polar surface area (TPSA) is 85.4 Å². The largest absolute Gasteiger partial charge is 0.462 e. The predicted molar refractivity (Wildman–Crippen MR) is 68.4 cm³/mol. The van der Waals surface area contributed by atoms with Gasteiger partial charge >= 0.3 is 5.97 Å². The third kappa shape index (κ3) is 5.13. The van der Waals surface area contributed by atoms with E-state index in [4.69, 9.17) is 4.74 Å². The Morgan fingerprint density at radius 2 is 2.17 bits per heavy atom. The Morgan fingerprint density at radius 3 is 2.67 bits per heavy atom. The lowest BCUT2D eigenvalue weighted by molar-refractivity contribution is 0.0526. The van der Waals surface area contributed by atoms with Crippen LogP contribution in [0, 0.1) is 0 Å². The van der Waals surface area contributed by atoms with Crippen molar-refractivity contribution in [1.29, 1.82) is 0 Å². The minimum Gasteiger partial charge on any atom is -0.462 e. The number of hydrogen-bond acceptors (Lipinski definition) is 6. The van der Waals surface area contributed by atoms with Gasteiger partial charge in [0.05, 0.1) is 17.9 Å². The van der Waals surface area contributed by atoms with Gasteiger partial charge in [-0.05, 0) is 19.1 Å². The average Bonchev–Trinajstić information content (AvgIpc) is 2.28. The van der Waals surface area contributed by atoms with Gasteiger partial charge in [0, 0.05) is 19.0 Å². The number of aromatic nitrogens is 1. The molecule has 0 aliphatic heterocycles. The monoisotopic (exact) mass is 272 g/mol. The van der Waals surface area contributed by atoms with E-state index < -0.39 is 15.8 Å². The van der Waals surface area contributed by atoms with Gasteiger partial charge < -0.3 is 10.1 Å². The first-order valence-electron chi connectivity index (χ1n) is 5.47. The summed E-state index contributed by atoms with van der Waals surface area (Å²) in [5.74, 6) is 0.133. The van der Waals surface area contributed by atoms with Crippen LogP contribution in [0.15, 0.2) is 18.3 Å². The SMILES string of the molecule is CCOC(=O)c1ccc(NCCS(C)(=O)=O)nc1. The number of nitrogens with one attached hydrogen (secondary N) is 1. The number of carbonyl (C=O) groups is 1. The number of nitrogens with zero attached hydrogens (tertiary/aromatic N) is 1. The molecule has 0 atom stereocenters. The smallest absolute Gasteiger partial charge is 0.339 e. The third-order valence-electron chi connectivity index (χ3n) is 2.05. The number of hydrogen-bond donors (Lipinski definition) is 1. The van der Waals surface area contributed by atoms with Crippen molar-refractivity contribution in [1.82, 2.24) is 4.98 Å². The molecule has 0 radical (unpaired) electrons. The molecule has 0 aliphatic rings. The zero-order valence-corrected chi connectivity index (χ0v) is 11.2. The maximum Gasteiger partial charge on any atom is 0.339 e. The molecule has 6 nitrogen and oxygen atoms in total. The molecule has 1 N–H and O–H groups in total. The van der Waals surface area contributed by atoms with Gasteiger partial charge in [-0.15, -0.1) is 0 Å². The molecule has 0 bridgehead atoms. The lowest BCUT2D eigenvalue weighted by atomic mass is 10.3. The van der Waals surface area contributed by atoms with Crippen LogP contribution in [0.25, 0.3) is 0 Å². The number of anilines is 1. The Hall–Kier alpha value is -1.63. The highest BCUT2D eigenvalue weighted by atomic mass is 32.2. The van der Waals surface area contributed by atoms with Crippen molar-refractivity contribution in [2.75, 3.05) is 30.5 Å². The maximum absolute atomic E-state index is 11.3. The molecular formula is C11H16N2O4S. The molecular weight excluding hydrogens is 256 g/mol. The molecule has 100 valence electrons. The number of pyridine rings is 1. The zero-order chi connectivity index (χ0) is 13.6. The third-order valence-corrected chi connectivity index (χ3v) is 3.00. The number of ether oxygens (including phenoxy) is 1. The molecule has 1 aromatic rings. The molecule has 0 fully saturated rings. The van der Waals surface area contributed by atoms with E-state index in [0.717, 1.165) is 0 Å². The van der Waals surface area contributed by atoms with Crippen LogP contribution < -0.4 is 5.32 Å². The molecule has 0 aliphatic carbocycles. The lowest BCUT2D eigenvalue weighted by Gasteiger charge is -2.05. The van der Waals surface area contributed by atoms with Crippen LogP contribution >= 0.6 is 0 Å². The molecule has 0 spiro atoms. The van der Waals surface area contributed by atoms with Crippen molar-refractivity contribution in [3.63, 3.8) is 0 Å². The molecule has 0 amide bonds. The van der Waals surface area contributed by atoms with E-state index in [9.17, 15) is 13.2 Å². The van der Waals surface area contributed by atoms with Gasteiger partial charge in [-0.3, -0.25) is 0 Å². The van der Waals surface area contributed by atoms with E-state index in [1.165, 1.54) is 12.5 Å². The van der Waals surface area contributed by atoms with E-state index in [-0.39, 0.29) is 12.3 Å². The summed E-state index contributed by atoms with van der Waals surface area (Å²) in [5, 5.41) is 2.86. The molecule has 1 heterocycles. The van der Waals surface area contributed by atoms with Gasteiger partial charge in [-0.25, -0.2) is 18.2 Å². The summed E-state index contributed by atoms with van der Waals surface area (Å²) in [5.41, 5.74) is 0.366. The summed E-state index contributed by atoms with van der Waals surface area (Å²) in [6.07, 6.45) is 2.56. The second kappa shape index (κ2) is 6.34. The van der Waals surface area contributed by atoms with E-state index in [1.807, 2.05) is 0 Å². The van der Waals surface area contributed by atoms with Crippen LogP contribution in [0.3, 0.4) is 0 Å². The number of esters is 1. The van der Waals surface area contributed by atoms with Crippen molar-refractivity contribution in [3.8, 4) is 0 Å². The summed E-state index contributed by atoms with van der Waals surface area (Å²) in [7, 11) is -2.99. The van der Waals surface area contributed by atoms with Gasteiger partial charge in [0.25, 0.3) is 0 Å². The minimum atomic E-state index is -2.99. The summed E-state index contributed by atoms with van der Waals surface area (Å²) in [6, 6.07) is 3.18. The van der Waals surface area contributed by atoms with Crippen molar-refractivity contribution >= 4 is 21.6 Å². The fraction of sp³-hybridized carbons (Fsp3) is 0.455. The second-order valence-electron chi connectivity index (χ2n) is 3.71. The number of rotatable bonds is 6. The van der Waals surface area contributed by atoms with Gasteiger partial charge in [-0.1, -0.05) is 0 Å². The molecule has 0 unspecified atom stereocenters. The Kier molecular flexibility index (Phi) is 5.08. The molecule has 7 heteroatoms. The normalized spacial score (nSPS) is 11.0. The van der Waals surface area contributed by atoms with Crippen LogP contribution in [-0.4, -0.2) is 44.5 Å². The molecule has 0 saturated carbocycles. The fourth-order valence-electron chi connectivity index (χ4n) is 1.20. The Bertz CT molecular complexity index is 496. The Labute approximate surface area is 106 Å². The highest BCUT2D eigenvalue weighted by molar-refractivity contribution is 7.90. The average molecular weight is 272 g/mol. The molecule has 1 aromatic heterocycles. The van der Waals surface area contributed by atoms with E-state index >= 15 is 0 Å². The van der Waals surface area contributed by atoms with E-state index in [1.54, 1.807) is 19.1 Å². The second-order valence-corrected chi connectivity index (χ2v) is 5.97. The summed E-state index contributed by atoms with van der Waals surface area (Å²) >= 11 is 0. The lowest BCUT2D eigenvalue weighted by Crippen LogP contribution is -2.15. The summed E-state index contributed by atoms with van der Waals surface area (Å²) in [6.45, 7) is 2.32. The van der Waals surface area contributed by atoms with Gasteiger partial charge in [0.15, 0.2) is 0 Å². The van der Waals surface area contributed by atoms with Gasteiger partial charge in [-0.2, -0.15) is 0 Å². The van der Waals surface area contributed by atoms with Crippen molar-refractivity contribution < 1.29 is 17.9 Å². The highest BCUT2D eigenvalue weighted by Crippen LogP contribution is 2.06. The first-order chi connectivity index (χ1) is 8.42. The fourth-order valence-corrected chi connectivity index (χ4v) is 1.67. The Balaban J connectivity index is 2.53. The summed E-state index contributed by atoms with van der Waals surface area (Å²) < 4.78 is 26.6.